The number of thioether (sulfide) groups is 1. The molecule has 5 heteroatoms. The molecule has 0 spiro atoms. The molecule has 0 radical (unpaired) electrons. The lowest BCUT2D eigenvalue weighted by molar-refractivity contribution is -0.107. The van der Waals surface area contributed by atoms with Crippen LogP contribution in [0.3, 0.4) is 0 Å². The number of nitrogens with zero attached hydrogens (tertiary/aromatic N) is 2. The van der Waals surface area contributed by atoms with Crippen LogP contribution in [0.1, 0.15) is 75.5 Å². The Hall–Kier alpha value is -2.27. The first-order chi connectivity index (χ1) is 16.6. The Balaban J connectivity index is 0.00000133. The molecule has 0 amide bonds. The van der Waals surface area contributed by atoms with Crippen molar-refractivity contribution >= 4 is 16.9 Å². The van der Waals surface area contributed by atoms with E-state index in [0.29, 0.717) is 11.8 Å². The average Bonchev–Trinajstić information content (AvgIpc) is 3.21. The Morgan fingerprint density at radius 2 is 2.03 bits per heavy atom. The zero-order chi connectivity index (χ0) is 24.1. The summed E-state index contributed by atoms with van der Waals surface area (Å²) in [4.78, 5) is 27.4. The predicted octanol–water partition coefficient (Wildman–Crippen LogP) is 7.72. The minimum absolute atomic E-state index is 0.0663. The molecule has 1 heterocycles. The van der Waals surface area contributed by atoms with Crippen LogP contribution in [0.4, 0.5) is 0 Å². The highest BCUT2D eigenvalue weighted by Gasteiger charge is 2.53. The molecule has 0 aliphatic heterocycles. The van der Waals surface area contributed by atoms with Gasteiger partial charge in [-0.3, -0.25) is 4.79 Å². The summed E-state index contributed by atoms with van der Waals surface area (Å²) < 4.78 is 0. The highest BCUT2D eigenvalue weighted by Crippen LogP contribution is 2.63. The van der Waals surface area contributed by atoms with Crippen molar-refractivity contribution < 1.29 is 4.79 Å². The number of pyridine rings is 1. The normalized spacial score (nSPS) is 29.4. The Morgan fingerprint density at radius 1 is 1.18 bits per heavy atom. The maximum absolute atomic E-state index is 12.5. The van der Waals surface area contributed by atoms with Crippen LogP contribution in [0.15, 0.2) is 64.9 Å². The number of allylic oxidation sites excluding steroid dienone is 1. The molecule has 5 rings (SSSR count). The van der Waals surface area contributed by atoms with Crippen molar-refractivity contribution in [3.63, 3.8) is 0 Å². The van der Waals surface area contributed by atoms with Crippen LogP contribution in [0.2, 0.25) is 0 Å². The van der Waals surface area contributed by atoms with Crippen molar-refractivity contribution in [2.24, 2.45) is 28.3 Å². The molecule has 4 nitrogen and oxygen atoms in total. The summed E-state index contributed by atoms with van der Waals surface area (Å²) in [5.74, 6) is 2.57. The SMILES string of the molecule is CC.CC12CCC3c4ccc(CN=O)cc4CCC3C1CCC2/C=C/C(=O)Sc1ccccn1. The lowest BCUT2D eigenvalue weighted by atomic mass is 9.54. The van der Waals surface area contributed by atoms with E-state index < -0.39 is 0 Å². The molecule has 0 N–H and O–H groups in total. The average molecular weight is 477 g/mol. The molecule has 1 aromatic carbocycles. The van der Waals surface area contributed by atoms with Gasteiger partial charge in [0.25, 0.3) is 0 Å². The van der Waals surface area contributed by atoms with Crippen molar-refractivity contribution in [2.75, 3.05) is 0 Å². The molecule has 5 atom stereocenters. The van der Waals surface area contributed by atoms with Crippen LogP contribution < -0.4 is 0 Å². The molecule has 3 aliphatic rings. The Kier molecular flexibility index (Phi) is 8.02. The Bertz CT molecular complexity index is 1040. The van der Waals surface area contributed by atoms with Gasteiger partial charge in [-0.2, -0.15) is 4.91 Å². The largest absolute Gasteiger partial charge is 0.282 e. The number of hydrogen-bond donors (Lipinski definition) is 0. The van der Waals surface area contributed by atoms with Gasteiger partial charge in [0.05, 0.1) is 0 Å². The predicted molar refractivity (Wildman–Crippen MR) is 140 cm³/mol. The molecular weight excluding hydrogens is 440 g/mol. The topological polar surface area (TPSA) is 59.4 Å². The van der Waals surface area contributed by atoms with Gasteiger partial charge < -0.3 is 0 Å². The molecule has 1 aromatic heterocycles. The highest BCUT2D eigenvalue weighted by atomic mass is 32.2. The third-order valence-corrected chi connectivity index (χ3v) is 9.21. The summed E-state index contributed by atoms with van der Waals surface area (Å²) in [6.07, 6.45) is 12.9. The fraction of sp³-hybridized carbons (Fsp3) is 0.517. The third kappa shape index (κ3) is 4.91. The number of rotatable bonds is 5. The number of nitroso groups, excluding NO2 is 1. The van der Waals surface area contributed by atoms with E-state index in [-0.39, 0.29) is 17.1 Å². The molecule has 180 valence electrons. The van der Waals surface area contributed by atoms with Gasteiger partial charge in [0.15, 0.2) is 0 Å². The minimum Gasteiger partial charge on any atom is -0.282 e. The number of carbonyl (C=O) groups excluding carboxylic acids is 1. The minimum atomic E-state index is 0.0663. The molecule has 2 fully saturated rings. The fourth-order valence-corrected chi connectivity index (χ4v) is 7.52. The van der Waals surface area contributed by atoms with Crippen LogP contribution in [-0.2, 0) is 17.8 Å². The van der Waals surface area contributed by atoms with E-state index in [1.807, 2.05) is 32.0 Å². The van der Waals surface area contributed by atoms with Gasteiger partial charge >= 0.3 is 0 Å². The Labute approximate surface area is 208 Å². The first-order valence-electron chi connectivity index (χ1n) is 12.8. The number of fused-ring (bicyclic) bond motifs is 5. The first kappa shape index (κ1) is 24.8. The summed E-state index contributed by atoms with van der Waals surface area (Å²) >= 11 is 1.21. The van der Waals surface area contributed by atoms with Gasteiger partial charge in [-0.25, -0.2) is 4.98 Å². The van der Waals surface area contributed by atoms with Crippen LogP contribution in [-0.4, -0.2) is 10.1 Å². The van der Waals surface area contributed by atoms with Crippen molar-refractivity contribution in [3.05, 3.63) is 76.3 Å². The van der Waals surface area contributed by atoms with E-state index in [9.17, 15) is 9.70 Å². The molecule has 5 unspecified atom stereocenters. The molecule has 2 aromatic rings. The molecule has 2 saturated carbocycles. The maximum atomic E-state index is 12.5. The van der Waals surface area contributed by atoms with Gasteiger partial charge in [0.1, 0.15) is 11.6 Å². The second-order valence-electron chi connectivity index (χ2n) is 9.91. The number of hydrogen-bond acceptors (Lipinski definition) is 5. The lowest BCUT2D eigenvalue weighted by Crippen LogP contribution is -2.42. The lowest BCUT2D eigenvalue weighted by Gasteiger charge is -2.50. The molecular formula is C29H36N2O2S. The van der Waals surface area contributed by atoms with Gasteiger partial charge in [0, 0.05) is 6.20 Å². The second kappa shape index (κ2) is 11.0. The monoisotopic (exact) mass is 476 g/mol. The smallest absolute Gasteiger partial charge is 0.218 e. The summed E-state index contributed by atoms with van der Waals surface area (Å²) in [6.45, 7) is 6.74. The summed E-state index contributed by atoms with van der Waals surface area (Å²) in [6, 6.07) is 12.2. The third-order valence-electron chi connectivity index (χ3n) is 8.42. The van der Waals surface area contributed by atoms with E-state index in [1.165, 1.54) is 55.0 Å². The highest BCUT2D eigenvalue weighted by molar-refractivity contribution is 8.14. The maximum Gasteiger partial charge on any atom is 0.218 e. The second-order valence-corrected chi connectivity index (χ2v) is 10.9. The Morgan fingerprint density at radius 3 is 2.79 bits per heavy atom. The van der Waals surface area contributed by atoms with Gasteiger partial charge in [-0.1, -0.05) is 56.3 Å². The van der Waals surface area contributed by atoms with Crippen LogP contribution >= 0.6 is 11.8 Å². The van der Waals surface area contributed by atoms with Crippen molar-refractivity contribution in [1.82, 2.24) is 4.98 Å². The van der Waals surface area contributed by atoms with E-state index in [1.54, 1.807) is 12.3 Å². The summed E-state index contributed by atoms with van der Waals surface area (Å²) in [5, 5.41) is 3.89. The molecule has 0 bridgehead atoms. The number of benzene rings is 1. The van der Waals surface area contributed by atoms with Crippen molar-refractivity contribution in [1.29, 1.82) is 0 Å². The number of carbonyl (C=O) groups is 1. The van der Waals surface area contributed by atoms with Crippen molar-refractivity contribution in [3.8, 4) is 0 Å². The van der Waals surface area contributed by atoms with Crippen LogP contribution in [0.5, 0.6) is 0 Å². The molecule has 3 aliphatic carbocycles. The van der Waals surface area contributed by atoms with Crippen LogP contribution in [0.25, 0.3) is 0 Å². The number of aromatic nitrogens is 1. The molecule has 0 saturated heterocycles. The van der Waals surface area contributed by atoms with E-state index in [0.717, 1.165) is 28.8 Å². The zero-order valence-electron chi connectivity index (χ0n) is 20.6. The number of aryl methyl sites for hydroxylation is 1. The van der Waals surface area contributed by atoms with Gasteiger partial charge in [-0.15, -0.1) is 0 Å². The fourth-order valence-electron chi connectivity index (χ4n) is 6.90. The first-order valence-corrected chi connectivity index (χ1v) is 13.6. The summed E-state index contributed by atoms with van der Waals surface area (Å²) in [5.41, 5.74) is 4.27. The van der Waals surface area contributed by atoms with Crippen LogP contribution in [0, 0.1) is 28.1 Å². The zero-order valence-corrected chi connectivity index (χ0v) is 21.4. The quantitative estimate of drug-likeness (QED) is 0.252. The van der Waals surface area contributed by atoms with Crippen molar-refractivity contribution in [2.45, 2.75) is 76.8 Å². The summed E-state index contributed by atoms with van der Waals surface area (Å²) in [7, 11) is 0. The molecule has 34 heavy (non-hydrogen) atoms. The van der Waals surface area contributed by atoms with E-state index >= 15 is 0 Å². The standard InChI is InChI=1S/C27H30N2O2S.C2H6/c1-27-14-13-22-21-9-5-18(17-29-31)16-19(21)6-10-23(22)24(27)11-7-20(27)8-12-26(30)32-25-4-2-3-15-28-25;1-2/h2-5,8-9,12,15-16,20,22-24H,6-7,10-11,13-14,17H2,1H3;1-2H3/b12-8+;. The van der Waals surface area contributed by atoms with E-state index in [2.05, 4.69) is 41.4 Å². The van der Waals surface area contributed by atoms with Gasteiger partial charge in [0.2, 0.25) is 5.12 Å². The van der Waals surface area contributed by atoms with Gasteiger partial charge in [-0.05, 0) is 114 Å². The van der Waals surface area contributed by atoms with E-state index in [4.69, 9.17) is 0 Å².